The maximum absolute atomic E-state index is 12.0. The van der Waals surface area contributed by atoms with Gasteiger partial charge in [-0.1, -0.05) is 11.6 Å². The molecule has 0 unspecified atom stereocenters. The molecule has 2 aromatic rings. The largest absolute Gasteiger partial charge is 0.384 e. The van der Waals surface area contributed by atoms with Gasteiger partial charge in [-0.3, -0.25) is 4.72 Å². The molecular weight excluding hydrogens is 276 g/mol. The molecule has 2 heterocycles. The zero-order chi connectivity index (χ0) is 13.2. The lowest BCUT2D eigenvalue weighted by atomic mass is 10.4. The van der Waals surface area contributed by atoms with Gasteiger partial charge >= 0.3 is 0 Å². The third-order valence-electron chi connectivity index (χ3n) is 2.05. The molecule has 2 rings (SSSR count). The number of nitrogen functional groups attached to an aromatic ring is 1. The van der Waals surface area contributed by atoms with Gasteiger partial charge in [-0.15, -0.1) is 0 Å². The smallest absolute Gasteiger partial charge is 0.263 e. The number of anilines is 2. The Kier molecular flexibility index (Phi) is 3.35. The van der Waals surface area contributed by atoms with Gasteiger partial charge < -0.3 is 5.73 Å². The minimum absolute atomic E-state index is 0.0182. The van der Waals surface area contributed by atoms with Crippen LogP contribution in [0.25, 0.3) is 0 Å². The molecule has 0 atom stereocenters. The number of hydrogen-bond acceptors (Lipinski definition) is 5. The molecule has 3 N–H and O–H groups in total. The lowest BCUT2D eigenvalue weighted by molar-refractivity contribution is 0.601. The highest BCUT2D eigenvalue weighted by Gasteiger charge is 2.14. The van der Waals surface area contributed by atoms with Gasteiger partial charge in [0.15, 0.2) is 0 Å². The van der Waals surface area contributed by atoms with E-state index in [-0.39, 0.29) is 15.9 Å². The summed E-state index contributed by atoms with van der Waals surface area (Å²) >= 11 is 5.67. The van der Waals surface area contributed by atoms with Crippen molar-refractivity contribution in [3.05, 3.63) is 41.8 Å². The van der Waals surface area contributed by atoms with E-state index in [1.165, 1.54) is 36.7 Å². The normalized spacial score (nSPS) is 11.2. The zero-order valence-corrected chi connectivity index (χ0v) is 10.6. The highest BCUT2D eigenvalue weighted by Crippen LogP contribution is 2.17. The average Bonchev–Trinajstić information content (AvgIpc) is 2.29. The van der Waals surface area contributed by atoms with E-state index in [1.54, 1.807) is 0 Å². The van der Waals surface area contributed by atoms with Crippen LogP contribution < -0.4 is 10.5 Å². The van der Waals surface area contributed by atoms with Gasteiger partial charge in [-0.25, -0.2) is 18.4 Å². The van der Waals surface area contributed by atoms with E-state index >= 15 is 0 Å². The van der Waals surface area contributed by atoms with Crippen LogP contribution in [0.2, 0.25) is 5.15 Å². The molecule has 8 heteroatoms. The number of pyridine rings is 2. The van der Waals surface area contributed by atoms with Crippen molar-refractivity contribution in [3.63, 3.8) is 0 Å². The Morgan fingerprint density at radius 2 is 2.00 bits per heavy atom. The van der Waals surface area contributed by atoms with Crippen LogP contribution in [0.1, 0.15) is 0 Å². The maximum atomic E-state index is 12.0. The fourth-order valence-electron chi connectivity index (χ4n) is 1.23. The van der Waals surface area contributed by atoms with Crippen molar-refractivity contribution in [2.45, 2.75) is 4.90 Å². The van der Waals surface area contributed by atoms with Gasteiger partial charge in [0.1, 0.15) is 15.9 Å². The Balaban J connectivity index is 2.30. The fourth-order valence-corrected chi connectivity index (χ4v) is 2.40. The molecule has 0 spiro atoms. The molecule has 0 amide bonds. The predicted octanol–water partition coefficient (Wildman–Crippen LogP) is 1.51. The van der Waals surface area contributed by atoms with Gasteiger partial charge in [-0.05, 0) is 24.3 Å². The molecule has 18 heavy (non-hydrogen) atoms. The van der Waals surface area contributed by atoms with Crippen molar-refractivity contribution in [1.29, 1.82) is 0 Å². The lowest BCUT2D eigenvalue weighted by Crippen LogP contribution is -2.13. The number of aromatic nitrogens is 2. The van der Waals surface area contributed by atoms with Crippen LogP contribution in [0, 0.1) is 0 Å². The SMILES string of the molecule is Nc1ccc(S(=O)(=O)Nc2ccnc(Cl)c2)cn1. The first-order valence-corrected chi connectivity index (χ1v) is 6.69. The molecule has 0 aliphatic carbocycles. The van der Waals surface area contributed by atoms with Crippen LogP contribution in [-0.2, 0) is 10.0 Å². The van der Waals surface area contributed by atoms with Crippen LogP contribution in [0.3, 0.4) is 0 Å². The highest BCUT2D eigenvalue weighted by molar-refractivity contribution is 7.92. The van der Waals surface area contributed by atoms with Crippen molar-refractivity contribution in [1.82, 2.24) is 9.97 Å². The Morgan fingerprint density at radius 3 is 2.61 bits per heavy atom. The van der Waals surface area contributed by atoms with E-state index in [0.717, 1.165) is 0 Å². The van der Waals surface area contributed by atoms with E-state index in [0.29, 0.717) is 5.69 Å². The van der Waals surface area contributed by atoms with Gasteiger partial charge in [0.25, 0.3) is 10.0 Å². The monoisotopic (exact) mass is 284 g/mol. The Morgan fingerprint density at radius 1 is 1.22 bits per heavy atom. The molecule has 6 nitrogen and oxygen atoms in total. The summed E-state index contributed by atoms with van der Waals surface area (Å²) in [6.07, 6.45) is 2.59. The molecule has 2 aromatic heterocycles. The van der Waals surface area contributed by atoms with Crippen molar-refractivity contribution in [2.24, 2.45) is 0 Å². The van der Waals surface area contributed by atoms with Crippen molar-refractivity contribution in [2.75, 3.05) is 10.5 Å². The minimum Gasteiger partial charge on any atom is -0.384 e. The molecule has 0 aromatic carbocycles. The van der Waals surface area contributed by atoms with Gasteiger partial charge in [-0.2, -0.15) is 0 Å². The van der Waals surface area contributed by atoms with E-state index in [9.17, 15) is 8.42 Å². The van der Waals surface area contributed by atoms with Gasteiger partial charge in [0.2, 0.25) is 0 Å². The van der Waals surface area contributed by atoms with E-state index in [1.807, 2.05) is 0 Å². The molecule has 0 saturated carbocycles. The number of nitrogens with two attached hydrogens (primary N) is 1. The number of nitrogens with one attached hydrogen (secondary N) is 1. The van der Waals surface area contributed by atoms with Crippen LogP contribution in [-0.4, -0.2) is 18.4 Å². The highest BCUT2D eigenvalue weighted by atomic mass is 35.5. The summed E-state index contributed by atoms with van der Waals surface area (Å²) in [4.78, 5) is 7.50. The second kappa shape index (κ2) is 4.79. The van der Waals surface area contributed by atoms with Crippen LogP contribution in [0.15, 0.2) is 41.6 Å². The van der Waals surface area contributed by atoms with E-state index in [2.05, 4.69) is 14.7 Å². The first-order valence-electron chi connectivity index (χ1n) is 4.83. The summed E-state index contributed by atoms with van der Waals surface area (Å²) in [5.41, 5.74) is 5.72. The molecule has 0 aliphatic heterocycles. The Labute approximate surface area is 109 Å². The van der Waals surface area contributed by atoms with Crippen LogP contribution in [0.5, 0.6) is 0 Å². The topological polar surface area (TPSA) is 98.0 Å². The fraction of sp³-hybridized carbons (Fsp3) is 0. The summed E-state index contributed by atoms with van der Waals surface area (Å²) in [7, 11) is -3.70. The van der Waals surface area contributed by atoms with Crippen LogP contribution in [0.4, 0.5) is 11.5 Å². The zero-order valence-electron chi connectivity index (χ0n) is 9.04. The summed E-state index contributed by atoms with van der Waals surface area (Å²) in [6.45, 7) is 0. The molecule has 0 aliphatic rings. The van der Waals surface area contributed by atoms with E-state index in [4.69, 9.17) is 17.3 Å². The summed E-state index contributed by atoms with van der Waals surface area (Å²) in [5, 5.41) is 0.200. The third kappa shape index (κ3) is 2.88. The number of rotatable bonds is 3. The number of sulfonamides is 1. The number of hydrogen-bond donors (Lipinski definition) is 2. The molecule has 0 bridgehead atoms. The second-order valence-corrected chi connectivity index (χ2v) is 5.46. The summed E-state index contributed by atoms with van der Waals surface area (Å²) in [6, 6.07) is 5.68. The van der Waals surface area contributed by atoms with Crippen LogP contribution >= 0.6 is 11.6 Å². The quantitative estimate of drug-likeness (QED) is 0.833. The molecule has 94 valence electrons. The molecule has 0 fully saturated rings. The van der Waals surface area contributed by atoms with Gasteiger partial charge in [0, 0.05) is 12.4 Å². The van der Waals surface area contributed by atoms with Crippen molar-refractivity contribution < 1.29 is 8.42 Å². The minimum atomic E-state index is -3.70. The number of halogens is 1. The maximum Gasteiger partial charge on any atom is 0.263 e. The second-order valence-electron chi connectivity index (χ2n) is 3.39. The van der Waals surface area contributed by atoms with Crippen molar-refractivity contribution >= 4 is 33.1 Å². The Bertz CT molecular complexity index is 658. The Hall–Kier alpha value is -1.86. The molecule has 0 radical (unpaired) electrons. The first kappa shape index (κ1) is 12.6. The standard InChI is InChI=1S/C10H9ClN4O2S/c11-9-5-7(3-4-13-9)15-18(16,17)8-1-2-10(12)14-6-8/h1-6H,(H2,12,14)(H,13,15). The first-order chi connectivity index (χ1) is 8.47. The van der Waals surface area contributed by atoms with E-state index < -0.39 is 10.0 Å². The average molecular weight is 285 g/mol. The summed E-state index contributed by atoms with van der Waals surface area (Å²) < 4.78 is 26.3. The lowest BCUT2D eigenvalue weighted by Gasteiger charge is -2.07. The number of nitrogens with zero attached hydrogens (tertiary/aromatic N) is 2. The van der Waals surface area contributed by atoms with Gasteiger partial charge in [0.05, 0.1) is 5.69 Å². The summed E-state index contributed by atoms with van der Waals surface area (Å²) in [5.74, 6) is 0.251. The predicted molar refractivity (Wildman–Crippen MR) is 68.7 cm³/mol. The third-order valence-corrected chi connectivity index (χ3v) is 3.62. The van der Waals surface area contributed by atoms with Crippen molar-refractivity contribution in [3.8, 4) is 0 Å². The molecule has 0 saturated heterocycles. The molecular formula is C10H9ClN4O2S.